The molecule has 1 amide bonds. The number of anilines is 1. The summed E-state index contributed by atoms with van der Waals surface area (Å²) in [4.78, 5) is 13.6. The molecule has 4 nitrogen and oxygen atoms in total. The Morgan fingerprint density at radius 1 is 1.42 bits per heavy atom. The highest BCUT2D eigenvalue weighted by molar-refractivity contribution is 5.89. The number of nitrogens with one attached hydrogen (secondary N) is 1. The number of amides is 1. The summed E-state index contributed by atoms with van der Waals surface area (Å²) in [5, 5.41) is 3.46. The van der Waals surface area contributed by atoms with Crippen LogP contribution in [0.3, 0.4) is 0 Å². The molecule has 1 atom stereocenters. The Morgan fingerprint density at radius 2 is 2.21 bits per heavy atom. The van der Waals surface area contributed by atoms with Gasteiger partial charge in [0.05, 0.1) is 12.3 Å². The Kier molecular flexibility index (Phi) is 4.80. The van der Waals surface area contributed by atoms with Crippen LogP contribution in [0.2, 0.25) is 0 Å². The van der Waals surface area contributed by atoms with Gasteiger partial charge in [0.25, 0.3) is 0 Å². The molecule has 4 heteroatoms. The molecule has 0 spiro atoms. The summed E-state index contributed by atoms with van der Waals surface area (Å²) in [5.41, 5.74) is 2.11. The standard InChI is InChI=1S/C15H22N2O2/c1-3-9-16-12(2)13-7-4-5-8-14(13)17-10-6-11-19-15(17)18/h4-5,7-8,12,16H,3,6,9-11H2,1-2H3. The number of carbonyl (C=O) groups excluding carboxylic acids is 1. The Balaban J connectivity index is 2.22. The van der Waals surface area contributed by atoms with Crippen LogP contribution in [0.4, 0.5) is 10.5 Å². The van der Waals surface area contributed by atoms with Gasteiger partial charge >= 0.3 is 6.09 Å². The van der Waals surface area contributed by atoms with Crippen molar-refractivity contribution in [2.24, 2.45) is 0 Å². The average molecular weight is 262 g/mol. The highest BCUT2D eigenvalue weighted by atomic mass is 16.6. The van der Waals surface area contributed by atoms with Gasteiger partial charge in [-0.05, 0) is 37.9 Å². The van der Waals surface area contributed by atoms with Crippen molar-refractivity contribution in [3.05, 3.63) is 29.8 Å². The number of ether oxygens (including phenoxy) is 1. The molecule has 1 aliphatic rings. The molecule has 1 N–H and O–H groups in total. The number of hydrogen-bond acceptors (Lipinski definition) is 3. The van der Waals surface area contributed by atoms with Gasteiger partial charge in [-0.3, -0.25) is 4.90 Å². The first kappa shape index (κ1) is 13.9. The van der Waals surface area contributed by atoms with Crippen LogP contribution in [-0.2, 0) is 4.74 Å². The van der Waals surface area contributed by atoms with Crippen LogP contribution in [0.15, 0.2) is 24.3 Å². The monoisotopic (exact) mass is 262 g/mol. The Hall–Kier alpha value is -1.55. The normalized spacial score (nSPS) is 17.2. The summed E-state index contributed by atoms with van der Waals surface area (Å²) >= 11 is 0. The van der Waals surface area contributed by atoms with E-state index in [9.17, 15) is 4.79 Å². The largest absolute Gasteiger partial charge is 0.449 e. The van der Waals surface area contributed by atoms with E-state index in [0.29, 0.717) is 6.61 Å². The second-order valence-corrected chi connectivity index (χ2v) is 4.85. The number of nitrogens with zero attached hydrogens (tertiary/aromatic N) is 1. The van der Waals surface area contributed by atoms with E-state index in [-0.39, 0.29) is 12.1 Å². The van der Waals surface area contributed by atoms with Gasteiger partial charge in [0, 0.05) is 12.6 Å². The average Bonchev–Trinajstić information content (AvgIpc) is 2.45. The number of carbonyl (C=O) groups is 1. The summed E-state index contributed by atoms with van der Waals surface area (Å²) in [6, 6.07) is 8.27. The van der Waals surface area contributed by atoms with Crippen LogP contribution < -0.4 is 10.2 Å². The molecule has 1 aromatic carbocycles. The Morgan fingerprint density at radius 3 is 2.95 bits per heavy atom. The molecule has 0 aliphatic carbocycles. The summed E-state index contributed by atoms with van der Waals surface area (Å²) in [7, 11) is 0. The molecule has 0 bridgehead atoms. The molecule has 0 aromatic heterocycles. The van der Waals surface area contributed by atoms with E-state index < -0.39 is 0 Å². The van der Waals surface area contributed by atoms with Gasteiger partial charge in [0.15, 0.2) is 0 Å². The van der Waals surface area contributed by atoms with E-state index >= 15 is 0 Å². The second-order valence-electron chi connectivity index (χ2n) is 4.85. The van der Waals surface area contributed by atoms with Crippen LogP contribution in [0.5, 0.6) is 0 Å². The molecule has 1 aromatic rings. The number of rotatable bonds is 5. The van der Waals surface area contributed by atoms with Gasteiger partial charge in [0.2, 0.25) is 0 Å². The SMILES string of the molecule is CCCNC(C)c1ccccc1N1CCCOC1=O. The molecule has 0 saturated carbocycles. The summed E-state index contributed by atoms with van der Waals surface area (Å²) < 4.78 is 5.13. The van der Waals surface area contributed by atoms with Crippen molar-refractivity contribution in [3.8, 4) is 0 Å². The van der Waals surface area contributed by atoms with E-state index in [1.807, 2.05) is 18.2 Å². The number of benzene rings is 1. The van der Waals surface area contributed by atoms with Gasteiger partial charge in [0.1, 0.15) is 0 Å². The molecule has 1 fully saturated rings. The maximum Gasteiger partial charge on any atom is 0.414 e. The zero-order valence-electron chi connectivity index (χ0n) is 11.7. The third-order valence-corrected chi connectivity index (χ3v) is 3.37. The Labute approximate surface area is 114 Å². The van der Waals surface area contributed by atoms with Crippen LogP contribution >= 0.6 is 0 Å². The second kappa shape index (κ2) is 6.57. The molecule has 19 heavy (non-hydrogen) atoms. The van der Waals surface area contributed by atoms with Crippen LogP contribution in [-0.4, -0.2) is 25.8 Å². The molecular weight excluding hydrogens is 240 g/mol. The van der Waals surface area contributed by atoms with Gasteiger partial charge < -0.3 is 10.1 Å². The maximum absolute atomic E-state index is 11.9. The lowest BCUT2D eigenvalue weighted by molar-refractivity contribution is 0.140. The molecule has 1 heterocycles. The smallest absolute Gasteiger partial charge is 0.414 e. The number of cyclic esters (lactones) is 1. The third kappa shape index (κ3) is 3.26. The highest BCUT2D eigenvalue weighted by Crippen LogP contribution is 2.28. The third-order valence-electron chi connectivity index (χ3n) is 3.37. The zero-order valence-corrected chi connectivity index (χ0v) is 11.7. The molecule has 0 radical (unpaired) electrons. The van der Waals surface area contributed by atoms with Gasteiger partial charge in [-0.25, -0.2) is 4.79 Å². The lowest BCUT2D eigenvalue weighted by Crippen LogP contribution is -2.38. The van der Waals surface area contributed by atoms with E-state index in [1.54, 1.807) is 4.90 Å². The Bertz CT molecular complexity index is 434. The fourth-order valence-electron chi connectivity index (χ4n) is 2.34. The highest BCUT2D eigenvalue weighted by Gasteiger charge is 2.24. The van der Waals surface area contributed by atoms with Crippen molar-refractivity contribution < 1.29 is 9.53 Å². The van der Waals surface area contributed by atoms with Gasteiger partial charge in [-0.15, -0.1) is 0 Å². The predicted molar refractivity (Wildman–Crippen MR) is 76.5 cm³/mol. The summed E-state index contributed by atoms with van der Waals surface area (Å²) in [6.07, 6.45) is 1.75. The lowest BCUT2D eigenvalue weighted by atomic mass is 10.0. The van der Waals surface area contributed by atoms with Crippen molar-refractivity contribution in [3.63, 3.8) is 0 Å². The van der Waals surface area contributed by atoms with E-state index in [1.165, 1.54) is 0 Å². The minimum atomic E-state index is -0.235. The van der Waals surface area contributed by atoms with Crippen molar-refractivity contribution in [1.82, 2.24) is 5.32 Å². The summed E-state index contributed by atoms with van der Waals surface area (Å²) in [5.74, 6) is 0. The first-order valence-corrected chi connectivity index (χ1v) is 7.00. The minimum absolute atomic E-state index is 0.228. The fraction of sp³-hybridized carbons (Fsp3) is 0.533. The van der Waals surface area contributed by atoms with Crippen molar-refractivity contribution in [2.45, 2.75) is 32.7 Å². The van der Waals surface area contributed by atoms with E-state index in [2.05, 4.69) is 25.2 Å². The number of hydrogen-bond donors (Lipinski definition) is 1. The fourth-order valence-corrected chi connectivity index (χ4v) is 2.34. The van der Waals surface area contributed by atoms with Gasteiger partial charge in [-0.2, -0.15) is 0 Å². The van der Waals surface area contributed by atoms with Crippen molar-refractivity contribution in [1.29, 1.82) is 0 Å². The first-order chi connectivity index (χ1) is 9.24. The van der Waals surface area contributed by atoms with Crippen molar-refractivity contribution in [2.75, 3.05) is 24.6 Å². The lowest BCUT2D eigenvalue weighted by Gasteiger charge is -2.29. The topological polar surface area (TPSA) is 41.6 Å². The quantitative estimate of drug-likeness (QED) is 0.886. The zero-order chi connectivity index (χ0) is 13.7. The molecule has 104 valence electrons. The van der Waals surface area contributed by atoms with Crippen LogP contribution in [0.25, 0.3) is 0 Å². The van der Waals surface area contributed by atoms with Gasteiger partial charge in [-0.1, -0.05) is 25.1 Å². The maximum atomic E-state index is 11.9. The molecule has 2 rings (SSSR count). The van der Waals surface area contributed by atoms with Crippen LogP contribution in [0, 0.1) is 0 Å². The van der Waals surface area contributed by atoms with E-state index in [0.717, 1.165) is 37.2 Å². The molecule has 1 aliphatic heterocycles. The minimum Gasteiger partial charge on any atom is -0.449 e. The number of para-hydroxylation sites is 1. The summed E-state index contributed by atoms with van der Waals surface area (Å²) in [6.45, 7) is 6.51. The predicted octanol–water partition coefficient (Wildman–Crippen LogP) is 3.09. The molecule has 1 unspecified atom stereocenters. The first-order valence-electron chi connectivity index (χ1n) is 7.00. The van der Waals surface area contributed by atoms with Crippen LogP contribution in [0.1, 0.15) is 38.3 Å². The molecular formula is C15H22N2O2. The van der Waals surface area contributed by atoms with Crippen molar-refractivity contribution >= 4 is 11.8 Å². The molecule has 1 saturated heterocycles. The van der Waals surface area contributed by atoms with E-state index in [4.69, 9.17) is 4.74 Å².